The van der Waals surface area contributed by atoms with Crippen LogP contribution in [0.5, 0.6) is 0 Å². The van der Waals surface area contributed by atoms with Crippen molar-refractivity contribution < 1.29 is 4.79 Å². The highest BCUT2D eigenvalue weighted by atomic mass is 35.5. The summed E-state index contributed by atoms with van der Waals surface area (Å²) in [6.45, 7) is 2.09. The van der Waals surface area contributed by atoms with Gasteiger partial charge in [-0.15, -0.1) is 0 Å². The van der Waals surface area contributed by atoms with Crippen LogP contribution in [0.4, 0.5) is 0 Å². The van der Waals surface area contributed by atoms with Gasteiger partial charge in [-0.3, -0.25) is 4.79 Å². The maximum Gasteiger partial charge on any atom is 0.196 e. The molecule has 2 aliphatic rings. The third-order valence-electron chi connectivity index (χ3n) is 2.89. The van der Waals surface area contributed by atoms with Crippen LogP contribution in [0.15, 0.2) is 34.9 Å². The van der Waals surface area contributed by atoms with Crippen LogP contribution in [0.1, 0.15) is 19.8 Å². The van der Waals surface area contributed by atoms with Crippen molar-refractivity contribution in [3.05, 3.63) is 34.9 Å². The molecule has 1 spiro atoms. The maximum absolute atomic E-state index is 11.1. The van der Waals surface area contributed by atoms with Crippen LogP contribution in [0.25, 0.3) is 0 Å². The Morgan fingerprint density at radius 3 is 2.85 bits per heavy atom. The second-order valence-electron chi connectivity index (χ2n) is 3.66. The van der Waals surface area contributed by atoms with Crippen LogP contribution in [0.3, 0.4) is 0 Å². The maximum atomic E-state index is 11.1. The van der Waals surface area contributed by atoms with E-state index in [2.05, 4.69) is 13.0 Å². The Labute approximate surface area is 82.8 Å². The van der Waals surface area contributed by atoms with Crippen LogP contribution in [-0.2, 0) is 4.79 Å². The summed E-state index contributed by atoms with van der Waals surface area (Å²) in [4.78, 5) is 11.1. The van der Waals surface area contributed by atoms with E-state index in [0.717, 1.165) is 12.8 Å². The molecule has 68 valence electrons. The molecule has 2 aliphatic carbocycles. The van der Waals surface area contributed by atoms with Crippen LogP contribution in [0.2, 0.25) is 0 Å². The van der Waals surface area contributed by atoms with Crippen LogP contribution < -0.4 is 0 Å². The standard InChI is InChI=1S/C11H11ClO/c1-8-3-2-5-11(8)6-4-10(13)9(12)7-11/h3-4,6-7H,2,5H2,1H3. The van der Waals surface area contributed by atoms with E-state index >= 15 is 0 Å². The van der Waals surface area contributed by atoms with E-state index in [1.165, 1.54) is 5.57 Å². The number of allylic oxidation sites excluding steroid dienone is 6. The largest absolute Gasteiger partial charge is 0.288 e. The Kier molecular flexibility index (Phi) is 1.92. The normalized spacial score (nSPS) is 32.3. The van der Waals surface area contributed by atoms with E-state index in [1.54, 1.807) is 6.08 Å². The van der Waals surface area contributed by atoms with Crippen molar-refractivity contribution in [1.29, 1.82) is 0 Å². The van der Waals surface area contributed by atoms with Crippen molar-refractivity contribution in [3.63, 3.8) is 0 Å². The Morgan fingerprint density at radius 1 is 1.54 bits per heavy atom. The minimum atomic E-state index is -0.0769. The highest BCUT2D eigenvalue weighted by molar-refractivity contribution is 6.44. The highest BCUT2D eigenvalue weighted by Gasteiger charge is 2.33. The van der Waals surface area contributed by atoms with Gasteiger partial charge in [-0.05, 0) is 31.9 Å². The number of carbonyl (C=O) groups is 1. The smallest absolute Gasteiger partial charge is 0.196 e. The number of ketones is 1. The fourth-order valence-corrected chi connectivity index (χ4v) is 2.22. The van der Waals surface area contributed by atoms with Gasteiger partial charge in [-0.1, -0.05) is 29.3 Å². The molecule has 2 heteroatoms. The van der Waals surface area contributed by atoms with Crippen LogP contribution in [-0.4, -0.2) is 5.78 Å². The van der Waals surface area contributed by atoms with Gasteiger partial charge in [-0.2, -0.15) is 0 Å². The minimum absolute atomic E-state index is 0.0506. The molecule has 2 rings (SSSR count). The summed E-state index contributed by atoms with van der Waals surface area (Å²) in [5.74, 6) is -0.0769. The molecular formula is C11H11ClO. The molecule has 0 aromatic heterocycles. The van der Waals surface area contributed by atoms with Gasteiger partial charge < -0.3 is 0 Å². The lowest BCUT2D eigenvalue weighted by molar-refractivity contribution is -0.111. The first-order valence-corrected chi connectivity index (χ1v) is 4.81. The molecule has 0 aliphatic heterocycles. The molecule has 13 heavy (non-hydrogen) atoms. The van der Waals surface area contributed by atoms with Gasteiger partial charge in [-0.25, -0.2) is 0 Å². The van der Waals surface area contributed by atoms with Crippen molar-refractivity contribution in [3.8, 4) is 0 Å². The third-order valence-corrected chi connectivity index (χ3v) is 3.19. The number of hydrogen-bond donors (Lipinski definition) is 0. The summed E-state index contributed by atoms with van der Waals surface area (Å²) in [5.41, 5.74) is 1.25. The molecule has 0 saturated carbocycles. The molecule has 0 heterocycles. The van der Waals surface area contributed by atoms with Gasteiger partial charge in [0.15, 0.2) is 5.78 Å². The molecule has 0 fully saturated rings. The summed E-state index contributed by atoms with van der Waals surface area (Å²) in [6.07, 6.45) is 9.77. The predicted molar refractivity (Wildman–Crippen MR) is 53.5 cm³/mol. The summed E-state index contributed by atoms with van der Waals surface area (Å²) in [7, 11) is 0. The van der Waals surface area contributed by atoms with E-state index in [0.29, 0.717) is 5.03 Å². The summed E-state index contributed by atoms with van der Waals surface area (Å²) >= 11 is 5.84. The zero-order chi connectivity index (χ0) is 9.47. The molecule has 0 N–H and O–H groups in total. The molecule has 1 nitrogen and oxygen atoms in total. The van der Waals surface area contributed by atoms with Crippen molar-refractivity contribution in [2.45, 2.75) is 19.8 Å². The molecule has 0 saturated heterocycles. The molecule has 1 atom stereocenters. The number of carbonyl (C=O) groups excluding carboxylic acids is 1. The first kappa shape index (κ1) is 8.76. The third kappa shape index (κ3) is 1.28. The number of rotatable bonds is 0. The van der Waals surface area contributed by atoms with E-state index in [1.807, 2.05) is 12.2 Å². The second-order valence-corrected chi connectivity index (χ2v) is 4.06. The van der Waals surface area contributed by atoms with E-state index in [-0.39, 0.29) is 11.2 Å². The molecule has 1 unspecified atom stereocenters. The fraction of sp³-hybridized carbons (Fsp3) is 0.364. The van der Waals surface area contributed by atoms with Gasteiger partial charge in [0.25, 0.3) is 0 Å². The van der Waals surface area contributed by atoms with E-state index < -0.39 is 0 Å². The quantitative estimate of drug-likeness (QED) is 0.542. The summed E-state index contributed by atoms with van der Waals surface area (Å²) in [5, 5.41) is 0.358. The van der Waals surface area contributed by atoms with E-state index in [4.69, 9.17) is 11.6 Å². The lowest BCUT2D eigenvalue weighted by Crippen LogP contribution is -2.18. The minimum Gasteiger partial charge on any atom is -0.288 e. The average Bonchev–Trinajstić information content (AvgIpc) is 2.42. The number of halogens is 1. The topological polar surface area (TPSA) is 17.1 Å². The van der Waals surface area contributed by atoms with Gasteiger partial charge >= 0.3 is 0 Å². The van der Waals surface area contributed by atoms with E-state index in [9.17, 15) is 4.79 Å². The lowest BCUT2D eigenvalue weighted by Gasteiger charge is -2.26. The average molecular weight is 195 g/mol. The monoisotopic (exact) mass is 194 g/mol. The second kappa shape index (κ2) is 2.85. The van der Waals surface area contributed by atoms with Crippen molar-refractivity contribution in [2.75, 3.05) is 0 Å². The first-order valence-electron chi connectivity index (χ1n) is 4.43. The van der Waals surface area contributed by atoms with Crippen molar-refractivity contribution in [1.82, 2.24) is 0 Å². The van der Waals surface area contributed by atoms with Gasteiger partial charge in [0.2, 0.25) is 0 Å². The van der Waals surface area contributed by atoms with Gasteiger partial charge in [0.1, 0.15) is 0 Å². The van der Waals surface area contributed by atoms with Gasteiger partial charge in [0.05, 0.1) is 5.03 Å². The Bertz CT molecular complexity index is 349. The van der Waals surface area contributed by atoms with Crippen molar-refractivity contribution in [2.24, 2.45) is 5.41 Å². The summed E-state index contributed by atoms with van der Waals surface area (Å²) < 4.78 is 0. The Balaban J connectivity index is 2.42. The first-order chi connectivity index (χ1) is 6.14. The Morgan fingerprint density at radius 2 is 2.31 bits per heavy atom. The zero-order valence-electron chi connectivity index (χ0n) is 7.51. The van der Waals surface area contributed by atoms with Crippen LogP contribution in [0, 0.1) is 5.41 Å². The predicted octanol–water partition coefficient (Wildman–Crippen LogP) is 2.97. The van der Waals surface area contributed by atoms with Gasteiger partial charge in [0, 0.05) is 5.41 Å². The molecule has 0 aromatic rings. The molecule has 0 bridgehead atoms. The lowest BCUT2D eigenvalue weighted by atomic mass is 9.78. The highest BCUT2D eigenvalue weighted by Crippen LogP contribution is 2.44. The Hall–Kier alpha value is -0.820. The molecule has 0 amide bonds. The fourth-order valence-electron chi connectivity index (χ4n) is 1.96. The SMILES string of the molecule is CC1=CCCC12C=CC(=O)C(Cl)=C2. The molecular weight excluding hydrogens is 184 g/mol. The zero-order valence-corrected chi connectivity index (χ0v) is 8.27. The summed E-state index contributed by atoms with van der Waals surface area (Å²) in [6, 6.07) is 0. The number of hydrogen-bond acceptors (Lipinski definition) is 1. The van der Waals surface area contributed by atoms with Crippen LogP contribution >= 0.6 is 11.6 Å². The molecule has 0 radical (unpaired) electrons. The molecule has 0 aromatic carbocycles. The van der Waals surface area contributed by atoms with Crippen molar-refractivity contribution >= 4 is 17.4 Å².